The standard InChI is InChI=1S/C10H11BrF3NO2S/c1-15(6-5-10(12,13)14)18(16,17)9-4-2-3-8(11)7-9/h2-4,7H,5-6H2,1H3. The normalized spacial score (nSPS) is 13.0. The Morgan fingerprint density at radius 1 is 1.33 bits per heavy atom. The van der Waals surface area contributed by atoms with Crippen LogP contribution >= 0.6 is 15.9 Å². The number of benzene rings is 1. The zero-order chi connectivity index (χ0) is 14.0. The van der Waals surface area contributed by atoms with Crippen LogP contribution < -0.4 is 0 Å². The maximum atomic E-state index is 12.0. The van der Waals surface area contributed by atoms with Crippen LogP contribution in [0, 0.1) is 0 Å². The molecule has 0 atom stereocenters. The fraction of sp³-hybridized carbons (Fsp3) is 0.400. The third-order valence-electron chi connectivity index (χ3n) is 2.21. The highest BCUT2D eigenvalue weighted by molar-refractivity contribution is 9.10. The molecule has 0 heterocycles. The van der Waals surface area contributed by atoms with E-state index in [1.54, 1.807) is 6.07 Å². The third-order valence-corrected chi connectivity index (χ3v) is 4.56. The molecule has 0 saturated carbocycles. The van der Waals surface area contributed by atoms with E-state index in [9.17, 15) is 21.6 Å². The predicted octanol–water partition coefficient (Wildman–Crippen LogP) is 3.02. The molecule has 0 N–H and O–H groups in total. The summed E-state index contributed by atoms with van der Waals surface area (Å²) in [6.45, 7) is -0.599. The van der Waals surface area contributed by atoms with Crippen molar-refractivity contribution >= 4 is 26.0 Å². The van der Waals surface area contributed by atoms with Crippen LogP contribution in [-0.2, 0) is 10.0 Å². The highest BCUT2D eigenvalue weighted by Gasteiger charge is 2.30. The molecule has 3 nitrogen and oxygen atoms in total. The van der Waals surface area contributed by atoms with Crippen molar-refractivity contribution in [3.8, 4) is 0 Å². The summed E-state index contributed by atoms with van der Waals surface area (Å²) in [4.78, 5) is -0.0402. The first-order valence-electron chi connectivity index (χ1n) is 4.91. The van der Waals surface area contributed by atoms with Gasteiger partial charge in [0.25, 0.3) is 0 Å². The number of alkyl halides is 3. The maximum Gasteiger partial charge on any atom is 0.390 e. The van der Waals surface area contributed by atoms with Crippen LogP contribution in [-0.4, -0.2) is 32.5 Å². The minimum absolute atomic E-state index is 0.0402. The summed E-state index contributed by atoms with van der Waals surface area (Å²) in [5, 5.41) is 0. The Balaban J connectivity index is 2.87. The molecule has 0 spiro atoms. The second-order valence-electron chi connectivity index (χ2n) is 3.65. The van der Waals surface area contributed by atoms with Gasteiger partial charge in [0.1, 0.15) is 0 Å². The Morgan fingerprint density at radius 2 is 1.94 bits per heavy atom. The van der Waals surface area contributed by atoms with Gasteiger partial charge in [0, 0.05) is 18.1 Å². The van der Waals surface area contributed by atoms with Crippen molar-refractivity contribution in [2.75, 3.05) is 13.6 Å². The Kier molecular flexibility index (Phi) is 4.79. The first-order valence-corrected chi connectivity index (χ1v) is 7.15. The van der Waals surface area contributed by atoms with Crippen LogP contribution in [0.5, 0.6) is 0 Å². The second kappa shape index (κ2) is 5.58. The molecule has 0 unspecified atom stereocenters. The van der Waals surface area contributed by atoms with Gasteiger partial charge in [-0.25, -0.2) is 12.7 Å². The molecule has 1 rings (SSSR count). The molecular weight excluding hydrogens is 335 g/mol. The molecule has 1 aromatic carbocycles. The number of hydrogen-bond acceptors (Lipinski definition) is 2. The topological polar surface area (TPSA) is 37.4 Å². The van der Waals surface area contributed by atoms with Crippen LogP contribution in [0.4, 0.5) is 13.2 Å². The predicted molar refractivity (Wildman–Crippen MR) is 64.6 cm³/mol. The first-order chi connectivity index (χ1) is 8.13. The quantitative estimate of drug-likeness (QED) is 0.841. The van der Waals surface area contributed by atoms with E-state index in [1.807, 2.05) is 0 Å². The van der Waals surface area contributed by atoms with Gasteiger partial charge in [-0.15, -0.1) is 0 Å². The van der Waals surface area contributed by atoms with Crippen molar-refractivity contribution in [1.82, 2.24) is 4.31 Å². The van der Waals surface area contributed by atoms with Gasteiger partial charge in [0.05, 0.1) is 11.3 Å². The molecule has 1 aromatic rings. The number of rotatable bonds is 4. The largest absolute Gasteiger partial charge is 0.390 e. The van der Waals surface area contributed by atoms with Gasteiger partial charge < -0.3 is 0 Å². The molecule has 0 fully saturated rings. The third kappa shape index (κ3) is 4.25. The van der Waals surface area contributed by atoms with E-state index in [-0.39, 0.29) is 4.90 Å². The van der Waals surface area contributed by atoms with Gasteiger partial charge in [-0.3, -0.25) is 0 Å². The van der Waals surface area contributed by atoms with Gasteiger partial charge in [0.2, 0.25) is 10.0 Å². The van der Waals surface area contributed by atoms with Crippen molar-refractivity contribution in [2.45, 2.75) is 17.5 Å². The highest BCUT2D eigenvalue weighted by Crippen LogP contribution is 2.23. The molecule has 0 aromatic heterocycles. The van der Waals surface area contributed by atoms with E-state index >= 15 is 0 Å². The number of hydrogen-bond donors (Lipinski definition) is 0. The van der Waals surface area contributed by atoms with Crippen molar-refractivity contribution in [3.05, 3.63) is 28.7 Å². The average Bonchev–Trinajstić information content (AvgIpc) is 2.24. The summed E-state index contributed by atoms with van der Waals surface area (Å²) in [5.74, 6) is 0. The lowest BCUT2D eigenvalue weighted by Crippen LogP contribution is -2.30. The first kappa shape index (κ1) is 15.5. The van der Waals surface area contributed by atoms with Gasteiger partial charge in [0.15, 0.2) is 0 Å². The van der Waals surface area contributed by atoms with Gasteiger partial charge in [-0.1, -0.05) is 22.0 Å². The lowest BCUT2D eigenvalue weighted by molar-refractivity contribution is -0.135. The minimum Gasteiger partial charge on any atom is -0.207 e. The van der Waals surface area contributed by atoms with Crippen LogP contribution in [0.3, 0.4) is 0 Å². The second-order valence-corrected chi connectivity index (χ2v) is 6.61. The zero-order valence-electron chi connectivity index (χ0n) is 9.41. The maximum absolute atomic E-state index is 12.0. The lowest BCUT2D eigenvalue weighted by atomic mass is 10.4. The SMILES string of the molecule is CN(CCC(F)(F)F)S(=O)(=O)c1cccc(Br)c1. The van der Waals surface area contributed by atoms with Gasteiger partial charge in [-0.05, 0) is 18.2 Å². The molecule has 18 heavy (non-hydrogen) atoms. The zero-order valence-corrected chi connectivity index (χ0v) is 11.8. The van der Waals surface area contributed by atoms with Crippen LogP contribution in [0.25, 0.3) is 0 Å². The van der Waals surface area contributed by atoms with E-state index in [2.05, 4.69) is 15.9 Å². The fourth-order valence-electron chi connectivity index (χ4n) is 1.21. The molecule has 8 heteroatoms. The van der Waals surface area contributed by atoms with Crippen LogP contribution in [0.15, 0.2) is 33.6 Å². The van der Waals surface area contributed by atoms with E-state index in [4.69, 9.17) is 0 Å². The number of nitrogens with zero attached hydrogens (tertiary/aromatic N) is 1. The van der Waals surface area contributed by atoms with Crippen molar-refractivity contribution in [3.63, 3.8) is 0 Å². The summed E-state index contributed by atoms with van der Waals surface area (Å²) in [6, 6.07) is 5.83. The monoisotopic (exact) mass is 345 g/mol. The number of halogens is 4. The summed E-state index contributed by atoms with van der Waals surface area (Å²) >= 11 is 3.11. The Bertz CT molecular complexity index is 516. The molecule has 0 amide bonds. The molecule has 0 saturated heterocycles. The Labute approximate surface area is 112 Å². The Hall–Kier alpha value is -0.600. The molecule has 0 aliphatic carbocycles. The minimum atomic E-state index is -4.37. The summed E-state index contributed by atoms with van der Waals surface area (Å²) in [7, 11) is -2.75. The van der Waals surface area contributed by atoms with Crippen molar-refractivity contribution in [1.29, 1.82) is 0 Å². The number of sulfonamides is 1. The highest BCUT2D eigenvalue weighted by atomic mass is 79.9. The molecule has 0 aliphatic heterocycles. The van der Waals surface area contributed by atoms with Gasteiger partial charge >= 0.3 is 6.18 Å². The van der Waals surface area contributed by atoms with E-state index in [0.717, 1.165) is 7.05 Å². The summed E-state index contributed by atoms with van der Waals surface area (Å²) in [5.41, 5.74) is 0. The molecule has 0 bridgehead atoms. The fourth-order valence-corrected chi connectivity index (χ4v) is 2.98. The molecule has 0 aliphatic rings. The van der Waals surface area contributed by atoms with Crippen molar-refractivity contribution < 1.29 is 21.6 Å². The smallest absolute Gasteiger partial charge is 0.207 e. The van der Waals surface area contributed by atoms with Crippen LogP contribution in [0.2, 0.25) is 0 Å². The summed E-state index contributed by atoms with van der Waals surface area (Å²) in [6.07, 6.45) is -5.54. The van der Waals surface area contributed by atoms with Crippen molar-refractivity contribution in [2.24, 2.45) is 0 Å². The Morgan fingerprint density at radius 3 is 2.44 bits per heavy atom. The average molecular weight is 346 g/mol. The molecular formula is C10H11BrF3NO2S. The lowest BCUT2D eigenvalue weighted by Gasteiger charge is -2.18. The van der Waals surface area contributed by atoms with E-state index < -0.39 is 29.2 Å². The molecule has 0 radical (unpaired) electrons. The van der Waals surface area contributed by atoms with Gasteiger partial charge in [-0.2, -0.15) is 13.2 Å². The van der Waals surface area contributed by atoms with E-state index in [0.29, 0.717) is 8.78 Å². The summed E-state index contributed by atoms with van der Waals surface area (Å²) < 4.78 is 61.2. The van der Waals surface area contributed by atoms with Crippen LogP contribution in [0.1, 0.15) is 6.42 Å². The molecule has 102 valence electrons. The van der Waals surface area contributed by atoms with E-state index in [1.165, 1.54) is 18.2 Å².